The second kappa shape index (κ2) is 18.6. The Balaban J connectivity index is 0.000000232. The molecule has 8 atom stereocenters. The molecule has 4 saturated carbocycles. The van der Waals surface area contributed by atoms with Gasteiger partial charge in [-0.3, -0.25) is 14.5 Å². The smallest absolute Gasteiger partial charge is 0.159 e. The van der Waals surface area contributed by atoms with E-state index in [0.717, 1.165) is 61.3 Å². The Morgan fingerprint density at radius 1 is 0.966 bits per heavy atom. The van der Waals surface area contributed by atoms with Crippen molar-refractivity contribution in [1.82, 2.24) is 9.80 Å². The molecular formula is C52H85ClN2O3. The van der Waals surface area contributed by atoms with Crippen molar-refractivity contribution < 1.29 is 14.7 Å². The number of carbonyl (C=O) groups excluding carboxylic acids is 2. The molecular weight excluding hydrogens is 736 g/mol. The van der Waals surface area contributed by atoms with Crippen LogP contribution in [0.5, 0.6) is 0 Å². The standard InChI is InChI=1S/C30H48O.C14H23ClN2.C8H14O2/c1-18(2)25-22(31)17-28(6)14-12-21-20(26(25)28)9-10-24-29(21,7)16-13-23-27(4,5)19(3)11-15-30(23,24)8;1-5-17(9-8-16(3)4)11-13-7-6-12(2)10-14(13)15;1-6(9)5-8(3,4)7(2)10/h18-21,23-24H,9-17H2,1-8H3;6-7,10H,5,8-9,11H2,1-4H3;10H,2,5H2,1,3-4H3. The first kappa shape index (κ1) is 48.7. The lowest BCUT2D eigenvalue weighted by atomic mass is 9.36. The first-order valence-electron chi connectivity index (χ1n) is 23.0. The van der Waals surface area contributed by atoms with Gasteiger partial charge in [0.05, 0.1) is 5.76 Å². The van der Waals surface area contributed by atoms with E-state index >= 15 is 0 Å². The molecule has 58 heavy (non-hydrogen) atoms. The van der Waals surface area contributed by atoms with Crippen LogP contribution in [0.15, 0.2) is 41.7 Å². The van der Waals surface area contributed by atoms with Crippen molar-refractivity contribution in [3.05, 3.63) is 57.8 Å². The maximum Gasteiger partial charge on any atom is 0.159 e. The highest BCUT2D eigenvalue weighted by Gasteiger charge is 2.65. The summed E-state index contributed by atoms with van der Waals surface area (Å²) in [6.45, 7) is 36.9. The molecule has 0 radical (unpaired) electrons. The second-order valence-electron chi connectivity index (χ2n) is 22.4. The van der Waals surface area contributed by atoms with Crippen LogP contribution in [0.25, 0.3) is 0 Å². The molecule has 0 aromatic heterocycles. The zero-order valence-electron chi connectivity index (χ0n) is 39.8. The van der Waals surface area contributed by atoms with Crippen molar-refractivity contribution in [2.24, 2.45) is 62.6 Å². The molecule has 0 spiro atoms. The fourth-order valence-electron chi connectivity index (χ4n) is 13.2. The zero-order chi connectivity index (χ0) is 43.8. The number of aliphatic hydroxyl groups excluding tert-OH is 1. The highest BCUT2D eigenvalue weighted by Crippen LogP contribution is 2.73. The van der Waals surface area contributed by atoms with Gasteiger partial charge in [-0.1, -0.05) is 112 Å². The van der Waals surface area contributed by atoms with Gasteiger partial charge in [0.15, 0.2) is 5.78 Å². The zero-order valence-corrected chi connectivity index (χ0v) is 40.6. The number of fused-ring (bicyclic) bond motifs is 7. The molecule has 6 rings (SSSR count). The van der Waals surface area contributed by atoms with Crippen LogP contribution in [-0.4, -0.2) is 60.2 Å². The Morgan fingerprint density at radius 2 is 1.60 bits per heavy atom. The van der Waals surface area contributed by atoms with Crippen LogP contribution in [0.1, 0.15) is 158 Å². The van der Waals surface area contributed by atoms with E-state index in [0.29, 0.717) is 40.3 Å². The molecule has 5 aliphatic rings. The summed E-state index contributed by atoms with van der Waals surface area (Å²) in [5.74, 6) is 5.10. The van der Waals surface area contributed by atoms with Gasteiger partial charge in [0.1, 0.15) is 5.78 Å². The summed E-state index contributed by atoms with van der Waals surface area (Å²) in [6, 6.07) is 6.30. The summed E-state index contributed by atoms with van der Waals surface area (Å²) in [6.07, 6.45) is 12.2. The first-order chi connectivity index (χ1) is 26.7. The maximum atomic E-state index is 13.1. The molecule has 0 aliphatic heterocycles. The second-order valence-corrected chi connectivity index (χ2v) is 22.8. The monoisotopic (exact) mass is 821 g/mol. The Kier molecular flexibility index (Phi) is 15.6. The summed E-state index contributed by atoms with van der Waals surface area (Å²) < 4.78 is 0. The number of carbonyl (C=O) groups is 2. The van der Waals surface area contributed by atoms with Gasteiger partial charge < -0.3 is 10.0 Å². The number of benzene rings is 1. The van der Waals surface area contributed by atoms with E-state index in [1.165, 1.54) is 75.0 Å². The molecule has 5 nitrogen and oxygen atoms in total. The summed E-state index contributed by atoms with van der Waals surface area (Å²) in [5, 5.41) is 9.87. The van der Waals surface area contributed by atoms with Crippen LogP contribution in [-0.2, 0) is 16.1 Å². The van der Waals surface area contributed by atoms with E-state index in [1.807, 2.05) is 6.07 Å². The predicted molar refractivity (Wildman–Crippen MR) is 246 cm³/mol. The van der Waals surface area contributed by atoms with Crippen molar-refractivity contribution in [1.29, 1.82) is 0 Å². The molecule has 0 heterocycles. The molecule has 1 aromatic rings. The average Bonchev–Trinajstić information content (AvgIpc) is 3.39. The van der Waals surface area contributed by atoms with Crippen molar-refractivity contribution >= 4 is 23.2 Å². The minimum Gasteiger partial charge on any atom is -0.512 e. The summed E-state index contributed by atoms with van der Waals surface area (Å²) in [5.41, 5.74) is 6.49. The highest BCUT2D eigenvalue weighted by molar-refractivity contribution is 6.31. The number of hydrogen-bond donors (Lipinski definition) is 1. The first-order valence-corrected chi connectivity index (χ1v) is 23.4. The molecule has 1 aromatic carbocycles. The predicted octanol–water partition coefficient (Wildman–Crippen LogP) is 13.3. The van der Waals surface area contributed by atoms with E-state index in [-0.39, 0.29) is 17.0 Å². The fraction of sp³-hybridized carbons (Fsp3) is 0.769. The Bertz CT molecular complexity index is 1670. The van der Waals surface area contributed by atoms with E-state index in [9.17, 15) is 9.59 Å². The normalized spacial score (nSPS) is 32.7. The SMILES string of the molecule is C=C(O)C(C)(C)CC(C)=O.CC(C)C1=C2C3CCC4C(C)(CCC5C(C)(C)C(C)CCC54C)C3CCC2(C)CC1=O.CCN(CCN(C)C)Cc1ccc(C)cc1Cl. The third-order valence-electron chi connectivity index (χ3n) is 16.9. The average molecular weight is 822 g/mol. The van der Waals surface area contributed by atoms with Gasteiger partial charge in [0.25, 0.3) is 0 Å². The van der Waals surface area contributed by atoms with Crippen LogP contribution in [0, 0.1) is 69.5 Å². The molecule has 1 N–H and O–H groups in total. The lowest BCUT2D eigenvalue weighted by Gasteiger charge is -2.69. The molecule has 0 saturated heterocycles. The quantitative estimate of drug-likeness (QED) is 0.238. The molecule has 0 amide bonds. The Morgan fingerprint density at radius 3 is 2.14 bits per heavy atom. The van der Waals surface area contributed by atoms with E-state index in [2.05, 4.69) is 112 Å². The third-order valence-corrected chi connectivity index (χ3v) is 17.2. The third kappa shape index (κ3) is 10.0. The molecule has 8 unspecified atom stereocenters. The van der Waals surface area contributed by atoms with E-state index < -0.39 is 5.41 Å². The number of likely N-dealkylation sites (N-methyl/N-ethyl adjacent to an activating group) is 2. The number of hydrogen-bond acceptors (Lipinski definition) is 5. The van der Waals surface area contributed by atoms with Crippen molar-refractivity contribution in [2.45, 2.75) is 161 Å². The molecule has 4 fully saturated rings. The lowest BCUT2D eigenvalue weighted by Crippen LogP contribution is -2.61. The maximum absolute atomic E-state index is 13.1. The number of halogens is 1. The van der Waals surface area contributed by atoms with Crippen molar-refractivity contribution in [2.75, 3.05) is 33.7 Å². The van der Waals surface area contributed by atoms with Gasteiger partial charge in [-0.15, -0.1) is 0 Å². The van der Waals surface area contributed by atoms with Crippen LogP contribution in [0.4, 0.5) is 0 Å². The molecule has 0 bridgehead atoms. The largest absolute Gasteiger partial charge is 0.512 e. The number of ketones is 2. The lowest BCUT2D eigenvalue weighted by molar-refractivity contribution is -0.189. The van der Waals surface area contributed by atoms with Gasteiger partial charge in [0.2, 0.25) is 0 Å². The van der Waals surface area contributed by atoms with E-state index in [1.54, 1.807) is 19.4 Å². The topological polar surface area (TPSA) is 60.9 Å². The number of allylic oxidation sites excluding steroid dienone is 3. The molecule has 5 aliphatic carbocycles. The van der Waals surface area contributed by atoms with Gasteiger partial charge in [0, 0.05) is 42.9 Å². The van der Waals surface area contributed by atoms with Gasteiger partial charge in [-0.05, 0) is 166 Å². The Hall–Kier alpha value is -1.95. The minimum atomic E-state index is -0.466. The fourth-order valence-corrected chi connectivity index (χ4v) is 13.5. The highest BCUT2D eigenvalue weighted by atomic mass is 35.5. The van der Waals surface area contributed by atoms with Crippen LogP contribution in [0.2, 0.25) is 5.02 Å². The minimum absolute atomic E-state index is 0.0696. The number of aryl methyl sites for hydroxylation is 1. The van der Waals surface area contributed by atoms with Crippen molar-refractivity contribution in [3.8, 4) is 0 Å². The van der Waals surface area contributed by atoms with Gasteiger partial charge in [-0.25, -0.2) is 0 Å². The summed E-state index contributed by atoms with van der Waals surface area (Å²) >= 11 is 6.26. The van der Waals surface area contributed by atoms with Crippen LogP contribution < -0.4 is 0 Å². The van der Waals surface area contributed by atoms with E-state index in [4.69, 9.17) is 16.7 Å². The molecule has 6 heteroatoms. The summed E-state index contributed by atoms with van der Waals surface area (Å²) in [7, 11) is 4.21. The van der Waals surface area contributed by atoms with Crippen LogP contribution >= 0.6 is 11.6 Å². The van der Waals surface area contributed by atoms with Crippen LogP contribution in [0.3, 0.4) is 0 Å². The molecule has 328 valence electrons. The van der Waals surface area contributed by atoms with Gasteiger partial charge in [-0.2, -0.15) is 0 Å². The number of rotatable bonds is 10. The number of nitrogens with zero attached hydrogens (tertiary/aromatic N) is 2. The Labute approximate surface area is 361 Å². The number of aliphatic hydroxyl groups is 1. The van der Waals surface area contributed by atoms with Gasteiger partial charge >= 0.3 is 0 Å². The van der Waals surface area contributed by atoms with Crippen molar-refractivity contribution in [3.63, 3.8) is 0 Å². The number of Topliss-reactive ketones (excluding diaryl/α,β-unsaturated/α-hetero) is 2. The summed E-state index contributed by atoms with van der Waals surface area (Å²) in [4.78, 5) is 28.3.